The Kier molecular flexibility index (Phi) is 10.4. The smallest absolute Gasteiger partial charge is 0.163 e. The van der Waals surface area contributed by atoms with Crippen LogP contribution in [0, 0.1) is 6.92 Å². The monoisotopic (exact) mass is 361 g/mol. The number of Topliss-reactive ketones (excluding diaryl/α,β-unsaturated/α-hetero) is 1. The first-order valence-electron chi connectivity index (χ1n) is 9.46. The first-order valence-corrected chi connectivity index (χ1v) is 9.46. The van der Waals surface area contributed by atoms with Crippen LogP contribution in [0.25, 0.3) is 6.08 Å². The maximum Gasteiger partial charge on any atom is 0.163 e. The molecule has 0 aromatic heterocycles. The molecule has 2 aromatic rings. The van der Waals surface area contributed by atoms with Crippen LogP contribution in [-0.4, -0.2) is 12.0 Å². The Bertz CT molecular complexity index is 798. The molecule has 142 valence electrons. The Morgan fingerprint density at radius 1 is 1.00 bits per heavy atom. The number of hydrogen-bond donors (Lipinski definition) is 0. The van der Waals surface area contributed by atoms with Crippen molar-refractivity contribution in [2.75, 3.05) is 0 Å². The van der Waals surface area contributed by atoms with E-state index in [-0.39, 0.29) is 5.78 Å². The topological polar surface area (TPSA) is 29.4 Å². The first-order chi connectivity index (χ1) is 13.0. The SMILES string of the molecule is CC/C(=C/c1ccccc1C)C(=O)Cc1ccccc1.CC=N/C(C)=C\C. The van der Waals surface area contributed by atoms with Gasteiger partial charge in [0.15, 0.2) is 5.78 Å². The Morgan fingerprint density at radius 3 is 2.15 bits per heavy atom. The van der Waals surface area contributed by atoms with E-state index >= 15 is 0 Å². The van der Waals surface area contributed by atoms with E-state index in [9.17, 15) is 4.79 Å². The summed E-state index contributed by atoms with van der Waals surface area (Å²) in [7, 11) is 0. The molecule has 0 aliphatic rings. The zero-order valence-electron chi connectivity index (χ0n) is 17.2. The lowest BCUT2D eigenvalue weighted by Crippen LogP contribution is -2.06. The second-order valence-electron chi connectivity index (χ2n) is 6.28. The van der Waals surface area contributed by atoms with Crippen molar-refractivity contribution in [3.63, 3.8) is 0 Å². The van der Waals surface area contributed by atoms with Gasteiger partial charge in [0.05, 0.1) is 0 Å². The highest BCUT2D eigenvalue weighted by Crippen LogP contribution is 2.16. The molecule has 0 saturated carbocycles. The molecule has 0 fully saturated rings. The fourth-order valence-electron chi connectivity index (χ4n) is 2.49. The third kappa shape index (κ3) is 8.46. The second kappa shape index (κ2) is 12.6. The van der Waals surface area contributed by atoms with Crippen molar-refractivity contribution in [1.82, 2.24) is 0 Å². The van der Waals surface area contributed by atoms with Gasteiger partial charge in [-0.25, -0.2) is 0 Å². The maximum atomic E-state index is 12.4. The van der Waals surface area contributed by atoms with Gasteiger partial charge in [-0.3, -0.25) is 9.79 Å². The van der Waals surface area contributed by atoms with Crippen molar-refractivity contribution in [3.05, 3.63) is 88.6 Å². The Hall–Kier alpha value is -2.74. The molecule has 0 saturated heterocycles. The Morgan fingerprint density at radius 2 is 1.63 bits per heavy atom. The minimum absolute atomic E-state index is 0.210. The number of benzene rings is 2. The summed E-state index contributed by atoms with van der Waals surface area (Å²) >= 11 is 0. The third-order valence-electron chi connectivity index (χ3n) is 4.22. The molecule has 0 unspecified atom stereocenters. The van der Waals surface area contributed by atoms with Crippen molar-refractivity contribution in [2.45, 2.75) is 47.5 Å². The van der Waals surface area contributed by atoms with E-state index in [2.05, 4.69) is 24.0 Å². The van der Waals surface area contributed by atoms with E-state index in [0.29, 0.717) is 6.42 Å². The van der Waals surface area contributed by atoms with Gasteiger partial charge < -0.3 is 0 Å². The quantitative estimate of drug-likeness (QED) is 0.421. The van der Waals surface area contributed by atoms with Crippen molar-refractivity contribution in [1.29, 1.82) is 0 Å². The first kappa shape index (κ1) is 22.3. The van der Waals surface area contributed by atoms with Crippen molar-refractivity contribution in [3.8, 4) is 0 Å². The molecule has 0 heterocycles. The van der Waals surface area contributed by atoms with Gasteiger partial charge in [-0.1, -0.05) is 67.6 Å². The number of carbonyl (C=O) groups excluding carboxylic acids is 1. The molecule has 2 nitrogen and oxygen atoms in total. The molecule has 0 amide bonds. The van der Waals surface area contributed by atoms with Gasteiger partial charge in [0, 0.05) is 18.3 Å². The van der Waals surface area contributed by atoms with E-state index in [0.717, 1.165) is 28.8 Å². The molecule has 0 atom stereocenters. The lowest BCUT2D eigenvalue weighted by molar-refractivity contribution is -0.115. The summed E-state index contributed by atoms with van der Waals surface area (Å²) in [6, 6.07) is 18.1. The van der Waals surface area contributed by atoms with Crippen LogP contribution in [0.15, 0.2) is 76.9 Å². The third-order valence-corrected chi connectivity index (χ3v) is 4.22. The van der Waals surface area contributed by atoms with Crippen LogP contribution in [0.1, 0.15) is 50.8 Å². The molecule has 0 aliphatic carbocycles. The maximum absolute atomic E-state index is 12.4. The number of hydrogen-bond acceptors (Lipinski definition) is 2. The minimum atomic E-state index is 0.210. The number of nitrogens with zero attached hydrogens (tertiary/aromatic N) is 1. The zero-order chi connectivity index (χ0) is 20.1. The highest BCUT2D eigenvalue weighted by molar-refractivity contribution is 6.00. The van der Waals surface area contributed by atoms with Crippen LogP contribution in [0.3, 0.4) is 0 Å². The van der Waals surface area contributed by atoms with Gasteiger partial charge in [-0.05, 0) is 62.5 Å². The largest absolute Gasteiger partial charge is 0.294 e. The summed E-state index contributed by atoms with van der Waals surface area (Å²) in [6.07, 6.45) is 7.03. The van der Waals surface area contributed by atoms with Gasteiger partial charge in [-0.15, -0.1) is 0 Å². The Labute approximate surface area is 164 Å². The van der Waals surface area contributed by atoms with E-state index in [4.69, 9.17) is 0 Å². The number of aryl methyl sites for hydroxylation is 1. The van der Waals surface area contributed by atoms with E-state index in [1.54, 1.807) is 6.21 Å². The average molecular weight is 362 g/mol. The minimum Gasteiger partial charge on any atom is -0.294 e. The summed E-state index contributed by atoms with van der Waals surface area (Å²) in [5.74, 6) is 0.210. The van der Waals surface area contributed by atoms with Gasteiger partial charge in [0.1, 0.15) is 0 Å². The van der Waals surface area contributed by atoms with Gasteiger partial charge in [0.25, 0.3) is 0 Å². The second-order valence-corrected chi connectivity index (χ2v) is 6.28. The molecule has 27 heavy (non-hydrogen) atoms. The van der Waals surface area contributed by atoms with E-state index in [1.165, 1.54) is 5.56 Å². The summed E-state index contributed by atoms with van der Waals surface area (Å²) in [6.45, 7) is 9.96. The predicted octanol–water partition coefficient (Wildman–Crippen LogP) is 6.60. The summed E-state index contributed by atoms with van der Waals surface area (Å²) in [4.78, 5) is 16.4. The number of aliphatic imine (C=N–C) groups is 1. The van der Waals surface area contributed by atoms with Crippen molar-refractivity contribution >= 4 is 18.1 Å². The molecule has 0 bridgehead atoms. The normalized spacial score (nSPS) is 11.9. The molecule has 2 heteroatoms. The van der Waals surface area contributed by atoms with Crippen molar-refractivity contribution in [2.24, 2.45) is 4.99 Å². The zero-order valence-corrected chi connectivity index (χ0v) is 17.2. The summed E-state index contributed by atoms with van der Waals surface area (Å²) in [5, 5.41) is 0. The summed E-state index contributed by atoms with van der Waals surface area (Å²) < 4.78 is 0. The molecule has 2 rings (SSSR count). The highest BCUT2D eigenvalue weighted by atomic mass is 16.1. The van der Waals surface area contributed by atoms with E-state index in [1.807, 2.05) is 82.3 Å². The molecular formula is C25H31NO. The van der Waals surface area contributed by atoms with Gasteiger partial charge in [-0.2, -0.15) is 0 Å². The molecular weight excluding hydrogens is 330 g/mol. The van der Waals surface area contributed by atoms with Crippen LogP contribution in [-0.2, 0) is 11.2 Å². The number of allylic oxidation sites excluding steroid dienone is 3. The average Bonchev–Trinajstić information content (AvgIpc) is 2.68. The van der Waals surface area contributed by atoms with Crippen LogP contribution in [0.5, 0.6) is 0 Å². The molecule has 0 spiro atoms. The standard InChI is InChI=1S/C19H20O.C6H11N/c1-3-17(14-18-12-8-7-9-15(18)2)19(20)13-16-10-5-4-6-11-16;1-4-6(3)7-5-2/h4-12,14H,3,13H2,1-2H3;4-5H,1-3H3/b17-14-;6-4-,7-5?. The highest BCUT2D eigenvalue weighted by Gasteiger charge is 2.09. The van der Waals surface area contributed by atoms with Crippen LogP contribution in [0.4, 0.5) is 0 Å². The molecule has 0 N–H and O–H groups in total. The molecule has 0 radical (unpaired) electrons. The lowest BCUT2D eigenvalue weighted by atomic mass is 9.98. The molecule has 0 aliphatic heterocycles. The number of ketones is 1. The van der Waals surface area contributed by atoms with Gasteiger partial charge in [0.2, 0.25) is 0 Å². The Balaban J connectivity index is 0.000000445. The fraction of sp³-hybridized carbons (Fsp3) is 0.280. The predicted molar refractivity (Wildman–Crippen MR) is 118 cm³/mol. The lowest BCUT2D eigenvalue weighted by Gasteiger charge is -2.06. The van der Waals surface area contributed by atoms with Crippen LogP contribution >= 0.6 is 0 Å². The van der Waals surface area contributed by atoms with Crippen LogP contribution in [0.2, 0.25) is 0 Å². The summed E-state index contributed by atoms with van der Waals surface area (Å²) in [5.41, 5.74) is 5.36. The number of carbonyl (C=O) groups is 1. The van der Waals surface area contributed by atoms with Crippen molar-refractivity contribution < 1.29 is 4.79 Å². The van der Waals surface area contributed by atoms with Gasteiger partial charge >= 0.3 is 0 Å². The van der Waals surface area contributed by atoms with Crippen LogP contribution < -0.4 is 0 Å². The number of rotatable bonds is 6. The fourth-order valence-corrected chi connectivity index (χ4v) is 2.49. The molecule has 2 aromatic carbocycles. The van der Waals surface area contributed by atoms with E-state index < -0.39 is 0 Å².